The Kier molecular flexibility index (Phi) is 4.38. The Morgan fingerprint density at radius 3 is 2.83 bits per heavy atom. The maximum Gasteiger partial charge on any atom is 0.251 e. The van der Waals surface area contributed by atoms with Gasteiger partial charge < -0.3 is 5.32 Å². The summed E-state index contributed by atoms with van der Waals surface area (Å²) in [7, 11) is 0. The van der Waals surface area contributed by atoms with Crippen LogP contribution in [-0.4, -0.2) is 17.3 Å². The summed E-state index contributed by atoms with van der Waals surface area (Å²) in [5, 5.41) is 2.89. The van der Waals surface area contributed by atoms with E-state index in [-0.39, 0.29) is 11.7 Å². The molecule has 1 aromatic rings. The molecule has 1 fully saturated rings. The van der Waals surface area contributed by atoms with Gasteiger partial charge in [-0.05, 0) is 55.9 Å². The predicted molar refractivity (Wildman–Crippen MR) is 73.5 cm³/mol. The summed E-state index contributed by atoms with van der Waals surface area (Å²) in [6.07, 6.45) is 3.40. The van der Waals surface area contributed by atoms with E-state index in [1.807, 2.05) is 0 Å². The summed E-state index contributed by atoms with van der Waals surface area (Å²) in [6, 6.07) is 4.41. The Labute approximate surface area is 115 Å². The number of carbonyl (C=O) groups excluding carboxylic acids is 1. The van der Waals surface area contributed by atoms with Crippen molar-refractivity contribution in [1.82, 2.24) is 5.32 Å². The molecule has 1 aromatic carbocycles. The summed E-state index contributed by atoms with van der Waals surface area (Å²) in [5.41, 5.74) is 1.17. The first-order chi connectivity index (χ1) is 8.54. The lowest BCUT2D eigenvalue weighted by molar-refractivity contribution is 0.0947. The molecule has 98 valence electrons. The van der Waals surface area contributed by atoms with Gasteiger partial charge in [-0.1, -0.05) is 15.9 Å². The summed E-state index contributed by atoms with van der Waals surface area (Å²) < 4.78 is 13.2. The standard InChI is InChI=1S/C14H17BrFNO/c1-9-4-11(7-13(16)5-9)14(18)17-8-10-2-3-12(15)6-10/h4-5,7,10,12H,2-3,6,8H2,1H3,(H,17,18). The van der Waals surface area contributed by atoms with Gasteiger partial charge >= 0.3 is 0 Å². The Bertz CT molecular complexity index is 429. The molecule has 2 nitrogen and oxygen atoms in total. The van der Waals surface area contributed by atoms with Gasteiger partial charge in [0.05, 0.1) is 0 Å². The molecular formula is C14H17BrFNO. The average Bonchev–Trinajstić information content (AvgIpc) is 2.70. The van der Waals surface area contributed by atoms with Gasteiger partial charge in [-0.15, -0.1) is 0 Å². The fourth-order valence-corrected chi connectivity index (χ4v) is 3.20. The number of amides is 1. The van der Waals surface area contributed by atoms with Crippen LogP contribution in [-0.2, 0) is 0 Å². The maximum absolute atomic E-state index is 13.2. The molecule has 0 bridgehead atoms. The van der Waals surface area contributed by atoms with Crippen LogP contribution in [0.2, 0.25) is 0 Å². The molecule has 4 heteroatoms. The Morgan fingerprint density at radius 1 is 1.44 bits per heavy atom. The minimum atomic E-state index is -0.360. The lowest BCUT2D eigenvalue weighted by Gasteiger charge is -2.11. The van der Waals surface area contributed by atoms with Crippen molar-refractivity contribution in [2.45, 2.75) is 31.0 Å². The molecule has 18 heavy (non-hydrogen) atoms. The van der Waals surface area contributed by atoms with Crippen molar-refractivity contribution in [3.63, 3.8) is 0 Å². The minimum absolute atomic E-state index is 0.185. The topological polar surface area (TPSA) is 29.1 Å². The van der Waals surface area contributed by atoms with Crippen molar-refractivity contribution in [2.24, 2.45) is 5.92 Å². The third-order valence-corrected chi connectivity index (χ3v) is 4.16. The Balaban J connectivity index is 1.91. The second kappa shape index (κ2) is 5.83. The number of carbonyl (C=O) groups is 1. The van der Waals surface area contributed by atoms with Crippen molar-refractivity contribution in [1.29, 1.82) is 0 Å². The molecule has 0 heterocycles. The number of benzene rings is 1. The largest absolute Gasteiger partial charge is 0.352 e. The Hall–Kier alpha value is -0.900. The van der Waals surface area contributed by atoms with Gasteiger partial charge in [-0.2, -0.15) is 0 Å². The zero-order valence-corrected chi connectivity index (χ0v) is 12.0. The average molecular weight is 314 g/mol. The first-order valence-corrected chi connectivity index (χ1v) is 7.15. The van der Waals surface area contributed by atoms with Crippen molar-refractivity contribution in [3.8, 4) is 0 Å². The van der Waals surface area contributed by atoms with Gasteiger partial charge in [0.25, 0.3) is 5.91 Å². The molecule has 2 atom stereocenters. The third kappa shape index (κ3) is 3.55. The van der Waals surface area contributed by atoms with Crippen LogP contribution in [0.25, 0.3) is 0 Å². The van der Waals surface area contributed by atoms with Crippen LogP contribution >= 0.6 is 15.9 Å². The van der Waals surface area contributed by atoms with Gasteiger partial charge in [0.1, 0.15) is 5.82 Å². The molecule has 1 aliphatic carbocycles. The van der Waals surface area contributed by atoms with Crippen LogP contribution in [0.3, 0.4) is 0 Å². The van der Waals surface area contributed by atoms with E-state index in [4.69, 9.17) is 0 Å². The van der Waals surface area contributed by atoms with Crippen molar-refractivity contribution >= 4 is 21.8 Å². The number of nitrogens with one attached hydrogen (secondary N) is 1. The van der Waals surface area contributed by atoms with Crippen molar-refractivity contribution < 1.29 is 9.18 Å². The lowest BCUT2D eigenvalue weighted by atomic mass is 10.1. The van der Waals surface area contributed by atoms with E-state index in [1.165, 1.54) is 18.6 Å². The Morgan fingerprint density at radius 2 is 2.22 bits per heavy atom. The van der Waals surface area contributed by atoms with E-state index in [1.54, 1.807) is 13.0 Å². The van der Waals surface area contributed by atoms with Crippen LogP contribution in [0.5, 0.6) is 0 Å². The van der Waals surface area contributed by atoms with Crippen LogP contribution in [0, 0.1) is 18.7 Å². The summed E-state index contributed by atoms with van der Waals surface area (Å²) in [4.78, 5) is 12.5. The van der Waals surface area contributed by atoms with E-state index in [0.717, 1.165) is 18.4 Å². The van der Waals surface area contributed by atoms with Gasteiger partial charge in [-0.3, -0.25) is 4.79 Å². The number of aryl methyl sites for hydroxylation is 1. The van der Waals surface area contributed by atoms with E-state index < -0.39 is 0 Å². The first kappa shape index (κ1) is 13.5. The quantitative estimate of drug-likeness (QED) is 0.851. The van der Waals surface area contributed by atoms with E-state index in [0.29, 0.717) is 22.9 Å². The van der Waals surface area contributed by atoms with Crippen LogP contribution in [0.15, 0.2) is 18.2 Å². The normalized spacial score (nSPS) is 23.1. The van der Waals surface area contributed by atoms with Crippen molar-refractivity contribution in [2.75, 3.05) is 6.54 Å². The van der Waals surface area contributed by atoms with Crippen LogP contribution in [0.1, 0.15) is 35.2 Å². The molecule has 2 rings (SSSR count). The fraction of sp³-hybridized carbons (Fsp3) is 0.500. The van der Waals surface area contributed by atoms with Gasteiger partial charge in [0.2, 0.25) is 0 Å². The molecule has 0 aliphatic heterocycles. The molecule has 1 amide bonds. The monoisotopic (exact) mass is 313 g/mol. The predicted octanol–water partition coefficient (Wildman–Crippen LogP) is 3.43. The van der Waals surface area contributed by atoms with E-state index in [9.17, 15) is 9.18 Å². The molecule has 0 saturated heterocycles. The molecule has 1 N–H and O–H groups in total. The zero-order valence-electron chi connectivity index (χ0n) is 10.4. The SMILES string of the molecule is Cc1cc(F)cc(C(=O)NCC2CCC(Br)C2)c1. The smallest absolute Gasteiger partial charge is 0.251 e. The summed E-state index contributed by atoms with van der Waals surface area (Å²) in [5.74, 6) is -0.00913. The van der Waals surface area contributed by atoms with E-state index >= 15 is 0 Å². The van der Waals surface area contributed by atoms with Crippen molar-refractivity contribution in [3.05, 3.63) is 35.1 Å². The highest BCUT2D eigenvalue weighted by atomic mass is 79.9. The second-order valence-corrected chi connectivity index (χ2v) is 6.30. The highest BCUT2D eigenvalue weighted by Gasteiger charge is 2.22. The maximum atomic E-state index is 13.2. The molecule has 0 aromatic heterocycles. The number of rotatable bonds is 3. The number of halogens is 2. The number of hydrogen-bond acceptors (Lipinski definition) is 1. The molecule has 1 aliphatic rings. The molecule has 0 radical (unpaired) electrons. The third-order valence-electron chi connectivity index (χ3n) is 3.33. The molecular weight excluding hydrogens is 297 g/mol. The zero-order chi connectivity index (χ0) is 13.1. The lowest BCUT2D eigenvalue weighted by Crippen LogP contribution is -2.28. The molecule has 0 spiro atoms. The molecule has 1 saturated carbocycles. The fourth-order valence-electron chi connectivity index (χ4n) is 2.41. The highest BCUT2D eigenvalue weighted by Crippen LogP contribution is 2.30. The van der Waals surface area contributed by atoms with Crippen LogP contribution < -0.4 is 5.32 Å². The summed E-state index contributed by atoms with van der Waals surface area (Å²) >= 11 is 3.59. The molecule has 2 unspecified atom stereocenters. The van der Waals surface area contributed by atoms with Gasteiger partial charge in [0, 0.05) is 16.9 Å². The minimum Gasteiger partial charge on any atom is -0.352 e. The van der Waals surface area contributed by atoms with Gasteiger partial charge in [0.15, 0.2) is 0 Å². The highest BCUT2D eigenvalue weighted by molar-refractivity contribution is 9.09. The number of alkyl halides is 1. The second-order valence-electron chi connectivity index (χ2n) is 5.00. The summed E-state index contributed by atoms with van der Waals surface area (Å²) in [6.45, 7) is 2.46. The van der Waals surface area contributed by atoms with Gasteiger partial charge in [-0.25, -0.2) is 4.39 Å². The number of hydrogen-bond donors (Lipinski definition) is 1. The van der Waals surface area contributed by atoms with Crippen LogP contribution in [0.4, 0.5) is 4.39 Å². The first-order valence-electron chi connectivity index (χ1n) is 6.24. The van der Waals surface area contributed by atoms with E-state index in [2.05, 4.69) is 21.2 Å².